The third-order valence-corrected chi connectivity index (χ3v) is 5.77. The minimum Gasteiger partial charge on any atom is -0.363 e. The molecule has 0 saturated carbocycles. The van der Waals surface area contributed by atoms with Crippen LogP contribution in [0.3, 0.4) is 0 Å². The first-order valence-electron chi connectivity index (χ1n) is 10.2. The summed E-state index contributed by atoms with van der Waals surface area (Å²) < 4.78 is 0. The van der Waals surface area contributed by atoms with Gasteiger partial charge in [-0.15, -0.1) is 0 Å². The summed E-state index contributed by atoms with van der Waals surface area (Å²) >= 11 is 6.22. The molecule has 0 aromatic heterocycles. The van der Waals surface area contributed by atoms with Crippen molar-refractivity contribution in [2.75, 3.05) is 25.5 Å². The lowest BCUT2D eigenvalue weighted by Crippen LogP contribution is -2.60. The number of amides is 1. The van der Waals surface area contributed by atoms with Crippen molar-refractivity contribution < 1.29 is 4.79 Å². The summed E-state index contributed by atoms with van der Waals surface area (Å²) in [5.74, 6) is 0.365. The van der Waals surface area contributed by atoms with E-state index in [4.69, 9.17) is 17.3 Å². The first kappa shape index (κ1) is 21.6. The van der Waals surface area contributed by atoms with E-state index >= 15 is 0 Å². The van der Waals surface area contributed by atoms with Crippen LogP contribution < -0.4 is 11.1 Å². The maximum atomic E-state index is 13.5. The topological polar surface area (TPSA) is 61.6 Å². The van der Waals surface area contributed by atoms with Crippen LogP contribution >= 0.6 is 11.6 Å². The van der Waals surface area contributed by atoms with E-state index in [2.05, 4.69) is 43.2 Å². The van der Waals surface area contributed by atoms with Crippen LogP contribution in [0.4, 0.5) is 5.69 Å². The van der Waals surface area contributed by atoms with E-state index in [-0.39, 0.29) is 18.1 Å². The Balaban J connectivity index is 2.00. The van der Waals surface area contributed by atoms with Gasteiger partial charge in [0.1, 0.15) is 6.17 Å². The number of hydrogen-bond acceptors (Lipinski definition) is 4. The van der Waals surface area contributed by atoms with Gasteiger partial charge in [-0.1, -0.05) is 55.8 Å². The molecule has 1 heterocycles. The Morgan fingerprint density at radius 2 is 1.93 bits per heavy atom. The van der Waals surface area contributed by atoms with Crippen molar-refractivity contribution in [3.05, 3.63) is 64.7 Å². The van der Waals surface area contributed by atoms with Crippen molar-refractivity contribution in [2.45, 2.75) is 39.0 Å². The second kappa shape index (κ2) is 9.61. The monoisotopic (exact) mass is 414 g/mol. The molecule has 3 N–H and O–H groups in total. The zero-order chi connectivity index (χ0) is 21.0. The Kier molecular flexibility index (Phi) is 7.17. The van der Waals surface area contributed by atoms with E-state index in [1.165, 1.54) is 0 Å². The average Bonchev–Trinajstić information content (AvgIpc) is 2.69. The highest BCUT2D eigenvalue weighted by atomic mass is 35.5. The van der Waals surface area contributed by atoms with Gasteiger partial charge in [0.2, 0.25) is 0 Å². The van der Waals surface area contributed by atoms with Crippen molar-refractivity contribution in [3.8, 4) is 0 Å². The molecule has 1 aliphatic rings. The molecule has 0 saturated heterocycles. The molecule has 5 nitrogen and oxygen atoms in total. The minimum atomic E-state index is -0.170. The molecule has 6 heteroatoms. The van der Waals surface area contributed by atoms with Gasteiger partial charge >= 0.3 is 0 Å². The number of carbonyl (C=O) groups is 1. The van der Waals surface area contributed by atoms with Crippen molar-refractivity contribution >= 4 is 23.2 Å². The van der Waals surface area contributed by atoms with Crippen LogP contribution in [0.15, 0.2) is 48.5 Å². The zero-order valence-corrected chi connectivity index (χ0v) is 18.2. The SMILES string of the molecule is CC(C)C(C1Nc2cc(Cl)ccc2C(=O)N1Cc1ccccc1)N(C)CCCN. The molecular formula is C23H31ClN4O. The normalized spacial score (nSPS) is 17.4. The number of carbonyl (C=O) groups excluding carboxylic acids is 1. The number of anilines is 1. The van der Waals surface area contributed by atoms with Gasteiger partial charge in [-0.3, -0.25) is 9.69 Å². The maximum absolute atomic E-state index is 13.5. The number of nitrogens with one attached hydrogen (secondary N) is 1. The average molecular weight is 415 g/mol. The highest BCUT2D eigenvalue weighted by molar-refractivity contribution is 6.31. The van der Waals surface area contributed by atoms with Gasteiger partial charge in [-0.05, 0) is 56.2 Å². The van der Waals surface area contributed by atoms with Gasteiger partial charge in [0.05, 0.1) is 17.3 Å². The Hall–Kier alpha value is -2.08. The van der Waals surface area contributed by atoms with E-state index in [9.17, 15) is 4.79 Å². The molecule has 2 unspecified atom stereocenters. The van der Waals surface area contributed by atoms with E-state index in [1.54, 1.807) is 6.07 Å². The van der Waals surface area contributed by atoms with Crippen LogP contribution in [0.5, 0.6) is 0 Å². The van der Waals surface area contributed by atoms with Crippen LogP contribution in [0, 0.1) is 5.92 Å². The molecular weight excluding hydrogens is 384 g/mol. The third kappa shape index (κ3) is 4.92. The second-order valence-corrected chi connectivity index (χ2v) is 8.49. The quantitative estimate of drug-likeness (QED) is 0.684. The molecule has 2 aromatic rings. The van der Waals surface area contributed by atoms with Crippen LogP contribution in [0.2, 0.25) is 5.02 Å². The fourth-order valence-electron chi connectivity index (χ4n) is 4.17. The van der Waals surface area contributed by atoms with Gasteiger partial charge in [0, 0.05) is 11.6 Å². The summed E-state index contributed by atoms with van der Waals surface area (Å²) in [4.78, 5) is 17.8. The Morgan fingerprint density at radius 3 is 2.59 bits per heavy atom. The first-order chi connectivity index (χ1) is 13.9. The summed E-state index contributed by atoms with van der Waals surface area (Å²) in [7, 11) is 2.11. The maximum Gasteiger partial charge on any atom is 0.257 e. The molecule has 0 spiro atoms. The predicted molar refractivity (Wildman–Crippen MR) is 120 cm³/mol. The molecule has 1 aliphatic heterocycles. The number of likely N-dealkylation sites (N-methyl/N-ethyl adjacent to an activating group) is 1. The second-order valence-electron chi connectivity index (χ2n) is 8.06. The summed E-state index contributed by atoms with van der Waals surface area (Å²) in [5.41, 5.74) is 8.31. The Bertz CT molecular complexity index is 827. The summed E-state index contributed by atoms with van der Waals surface area (Å²) in [6.45, 7) is 6.48. The number of hydrogen-bond donors (Lipinski definition) is 2. The number of fused-ring (bicyclic) bond motifs is 1. The minimum absolute atomic E-state index is 0.0298. The molecule has 2 atom stereocenters. The lowest BCUT2D eigenvalue weighted by molar-refractivity contribution is 0.0452. The Morgan fingerprint density at radius 1 is 1.21 bits per heavy atom. The van der Waals surface area contributed by atoms with Crippen LogP contribution in [0.1, 0.15) is 36.2 Å². The van der Waals surface area contributed by atoms with Gasteiger partial charge < -0.3 is 16.0 Å². The number of nitrogens with zero attached hydrogens (tertiary/aromatic N) is 2. The summed E-state index contributed by atoms with van der Waals surface area (Å²) in [6.07, 6.45) is 0.748. The molecule has 0 fully saturated rings. The van der Waals surface area contributed by atoms with Gasteiger partial charge in [0.15, 0.2) is 0 Å². The van der Waals surface area contributed by atoms with Crippen LogP contribution in [0.25, 0.3) is 0 Å². The van der Waals surface area contributed by atoms with E-state index in [1.807, 2.05) is 35.2 Å². The molecule has 29 heavy (non-hydrogen) atoms. The van der Waals surface area contributed by atoms with Crippen molar-refractivity contribution in [1.29, 1.82) is 0 Å². The molecule has 0 bridgehead atoms. The van der Waals surface area contributed by atoms with Gasteiger partial charge in [-0.2, -0.15) is 0 Å². The molecule has 0 radical (unpaired) electrons. The largest absolute Gasteiger partial charge is 0.363 e. The molecule has 3 rings (SSSR count). The van der Waals surface area contributed by atoms with Crippen LogP contribution in [-0.4, -0.2) is 48.1 Å². The fraction of sp³-hybridized carbons (Fsp3) is 0.435. The first-order valence-corrected chi connectivity index (χ1v) is 10.6. The third-order valence-electron chi connectivity index (χ3n) is 5.54. The number of halogens is 1. The number of benzene rings is 2. The number of rotatable bonds is 8. The summed E-state index contributed by atoms with van der Waals surface area (Å²) in [6, 6.07) is 15.7. The van der Waals surface area contributed by atoms with Crippen LogP contribution in [-0.2, 0) is 6.54 Å². The summed E-state index contributed by atoms with van der Waals surface area (Å²) in [5, 5.41) is 4.25. The zero-order valence-electron chi connectivity index (χ0n) is 17.4. The predicted octanol–water partition coefficient (Wildman–Crippen LogP) is 4.04. The standard InChI is InChI=1S/C23H31ClN4O/c1-16(2)21(27(3)13-7-12-25)22-26-20-14-18(24)10-11-19(20)23(29)28(22)15-17-8-5-4-6-9-17/h4-6,8-11,14,16,21-22,26H,7,12-13,15,25H2,1-3H3. The fourth-order valence-corrected chi connectivity index (χ4v) is 4.34. The Labute approximate surface area is 178 Å². The van der Waals surface area contributed by atoms with E-state index < -0.39 is 0 Å². The highest BCUT2D eigenvalue weighted by Gasteiger charge is 2.39. The molecule has 1 amide bonds. The van der Waals surface area contributed by atoms with Crippen molar-refractivity contribution in [2.24, 2.45) is 11.7 Å². The van der Waals surface area contributed by atoms with Gasteiger partial charge in [0.25, 0.3) is 5.91 Å². The van der Waals surface area contributed by atoms with Crippen molar-refractivity contribution in [1.82, 2.24) is 9.80 Å². The van der Waals surface area contributed by atoms with Crippen molar-refractivity contribution in [3.63, 3.8) is 0 Å². The molecule has 2 aromatic carbocycles. The lowest BCUT2D eigenvalue weighted by atomic mass is 9.94. The van der Waals surface area contributed by atoms with E-state index in [0.717, 1.165) is 24.2 Å². The number of nitrogens with two attached hydrogens (primary N) is 1. The molecule has 0 aliphatic carbocycles. The smallest absolute Gasteiger partial charge is 0.257 e. The lowest BCUT2D eigenvalue weighted by Gasteiger charge is -2.46. The van der Waals surface area contributed by atoms with Gasteiger partial charge in [-0.25, -0.2) is 0 Å². The molecule has 156 valence electrons. The highest BCUT2D eigenvalue weighted by Crippen LogP contribution is 2.32. The van der Waals surface area contributed by atoms with E-state index in [0.29, 0.717) is 29.6 Å².